The Morgan fingerprint density at radius 3 is 2.74 bits per heavy atom. The van der Waals surface area contributed by atoms with Crippen LogP contribution in [-0.4, -0.2) is 15.7 Å². The van der Waals surface area contributed by atoms with Gasteiger partial charge in [0, 0.05) is 25.7 Å². The largest absolute Gasteiger partial charge is 0.350 e. The number of carbonyl (C=O) groups is 1. The molecule has 0 saturated carbocycles. The Morgan fingerprint density at radius 2 is 2.11 bits per heavy atom. The maximum absolute atomic E-state index is 11.8. The Balaban J connectivity index is 1.81. The Kier molecular flexibility index (Phi) is 4.30. The molecule has 1 unspecified atom stereocenters. The van der Waals surface area contributed by atoms with Crippen LogP contribution in [0.2, 0.25) is 0 Å². The molecule has 19 heavy (non-hydrogen) atoms. The van der Waals surface area contributed by atoms with Crippen molar-refractivity contribution in [2.45, 2.75) is 19.0 Å². The van der Waals surface area contributed by atoms with Crippen LogP contribution in [0, 0.1) is 0 Å². The van der Waals surface area contributed by atoms with Gasteiger partial charge in [-0.25, -0.2) is 0 Å². The van der Waals surface area contributed by atoms with Crippen LogP contribution in [0.5, 0.6) is 0 Å². The van der Waals surface area contributed by atoms with Crippen molar-refractivity contribution in [2.75, 3.05) is 0 Å². The molecule has 5 heteroatoms. The second kappa shape index (κ2) is 6.15. The summed E-state index contributed by atoms with van der Waals surface area (Å²) < 4.78 is 1.71. The predicted molar refractivity (Wildman–Crippen MR) is 73.0 cm³/mol. The lowest BCUT2D eigenvalue weighted by molar-refractivity contribution is -0.121. The van der Waals surface area contributed by atoms with Gasteiger partial charge in [-0.1, -0.05) is 30.3 Å². The van der Waals surface area contributed by atoms with Crippen LogP contribution in [0.3, 0.4) is 0 Å². The minimum absolute atomic E-state index is 0.0676. The number of nitrogens with one attached hydrogen (secondary N) is 1. The number of rotatable bonds is 5. The van der Waals surface area contributed by atoms with Gasteiger partial charge in [0.05, 0.1) is 12.2 Å². The number of amides is 1. The van der Waals surface area contributed by atoms with E-state index in [2.05, 4.69) is 10.4 Å². The van der Waals surface area contributed by atoms with E-state index in [-0.39, 0.29) is 18.4 Å². The number of benzene rings is 1. The van der Waals surface area contributed by atoms with Crippen molar-refractivity contribution in [1.82, 2.24) is 15.1 Å². The number of hydrogen-bond acceptors (Lipinski definition) is 3. The van der Waals surface area contributed by atoms with Crippen molar-refractivity contribution in [2.24, 2.45) is 12.8 Å². The van der Waals surface area contributed by atoms with Gasteiger partial charge in [-0.15, -0.1) is 0 Å². The van der Waals surface area contributed by atoms with Crippen molar-refractivity contribution in [3.8, 4) is 0 Å². The van der Waals surface area contributed by atoms with Crippen LogP contribution < -0.4 is 11.1 Å². The molecule has 1 aromatic carbocycles. The first-order valence-corrected chi connectivity index (χ1v) is 6.21. The summed E-state index contributed by atoms with van der Waals surface area (Å²) in [5.74, 6) is -0.0676. The molecule has 1 aromatic heterocycles. The third-order valence-electron chi connectivity index (χ3n) is 2.87. The van der Waals surface area contributed by atoms with Crippen LogP contribution in [0.4, 0.5) is 0 Å². The number of nitrogens with two attached hydrogens (primary N) is 1. The van der Waals surface area contributed by atoms with Crippen molar-refractivity contribution < 1.29 is 4.79 Å². The van der Waals surface area contributed by atoms with Gasteiger partial charge in [-0.3, -0.25) is 9.48 Å². The minimum atomic E-state index is -0.273. The molecular weight excluding hydrogens is 240 g/mol. The van der Waals surface area contributed by atoms with E-state index in [0.29, 0.717) is 6.54 Å². The quantitative estimate of drug-likeness (QED) is 0.844. The van der Waals surface area contributed by atoms with Crippen LogP contribution in [0.15, 0.2) is 42.6 Å². The van der Waals surface area contributed by atoms with Crippen LogP contribution >= 0.6 is 0 Å². The van der Waals surface area contributed by atoms with E-state index in [1.54, 1.807) is 4.68 Å². The summed E-state index contributed by atoms with van der Waals surface area (Å²) in [5, 5.41) is 7.01. The van der Waals surface area contributed by atoms with E-state index in [1.807, 2.05) is 49.6 Å². The number of aryl methyl sites for hydroxylation is 1. The first kappa shape index (κ1) is 13.3. The van der Waals surface area contributed by atoms with E-state index in [4.69, 9.17) is 5.73 Å². The molecule has 1 heterocycles. The highest BCUT2D eigenvalue weighted by molar-refractivity contribution is 5.76. The average Bonchev–Trinajstić information content (AvgIpc) is 2.83. The number of hydrogen-bond donors (Lipinski definition) is 2. The zero-order valence-electron chi connectivity index (χ0n) is 10.9. The summed E-state index contributed by atoms with van der Waals surface area (Å²) in [6, 6.07) is 11.2. The van der Waals surface area contributed by atoms with E-state index < -0.39 is 0 Å². The molecule has 100 valence electrons. The lowest BCUT2D eigenvalue weighted by Crippen LogP contribution is -2.27. The Bertz CT molecular complexity index is 535. The first-order chi connectivity index (χ1) is 9.15. The summed E-state index contributed by atoms with van der Waals surface area (Å²) in [6.45, 7) is 0.432. The fraction of sp³-hybridized carbons (Fsp3) is 0.286. The third-order valence-corrected chi connectivity index (χ3v) is 2.87. The van der Waals surface area contributed by atoms with Gasteiger partial charge in [0.25, 0.3) is 0 Å². The molecule has 0 saturated heterocycles. The Labute approximate surface area is 112 Å². The molecule has 0 aliphatic heterocycles. The summed E-state index contributed by atoms with van der Waals surface area (Å²) >= 11 is 0. The fourth-order valence-electron chi connectivity index (χ4n) is 1.84. The van der Waals surface area contributed by atoms with E-state index in [0.717, 1.165) is 11.3 Å². The molecule has 1 amide bonds. The zero-order valence-corrected chi connectivity index (χ0v) is 10.9. The fourth-order valence-corrected chi connectivity index (χ4v) is 1.84. The molecule has 0 aliphatic rings. The summed E-state index contributed by atoms with van der Waals surface area (Å²) in [6.07, 6.45) is 2.12. The van der Waals surface area contributed by atoms with E-state index in [1.165, 1.54) is 0 Å². The topological polar surface area (TPSA) is 72.9 Å². The molecule has 0 bridgehead atoms. The SMILES string of the molecule is Cn1ccc(CNC(=O)CC(N)c2ccccc2)n1. The number of carbonyl (C=O) groups excluding carboxylic acids is 1. The maximum atomic E-state index is 11.8. The van der Waals surface area contributed by atoms with E-state index >= 15 is 0 Å². The van der Waals surface area contributed by atoms with Crippen molar-refractivity contribution in [3.63, 3.8) is 0 Å². The molecule has 3 N–H and O–H groups in total. The molecule has 1 atom stereocenters. The smallest absolute Gasteiger partial charge is 0.222 e. The van der Waals surface area contributed by atoms with E-state index in [9.17, 15) is 4.79 Å². The molecule has 0 spiro atoms. The lowest BCUT2D eigenvalue weighted by Gasteiger charge is -2.11. The third kappa shape index (κ3) is 3.93. The highest BCUT2D eigenvalue weighted by Crippen LogP contribution is 2.12. The van der Waals surface area contributed by atoms with Crippen molar-refractivity contribution >= 4 is 5.91 Å². The molecule has 0 radical (unpaired) electrons. The van der Waals surface area contributed by atoms with Crippen molar-refractivity contribution in [3.05, 3.63) is 53.9 Å². The molecule has 0 aliphatic carbocycles. The molecule has 2 rings (SSSR count). The van der Waals surface area contributed by atoms with Crippen LogP contribution in [-0.2, 0) is 18.4 Å². The normalized spacial score (nSPS) is 12.1. The monoisotopic (exact) mass is 258 g/mol. The Hall–Kier alpha value is -2.14. The summed E-state index contributed by atoms with van der Waals surface area (Å²) in [7, 11) is 1.84. The number of aromatic nitrogens is 2. The van der Waals surface area contributed by atoms with Gasteiger partial charge >= 0.3 is 0 Å². The first-order valence-electron chi connectivity index (χ1n) is 6.21. The standard InChI is InChI=1S/C14H18N4O/c1-18-8-7-12(17-18)10-16-14(19)9-13(15)11-5-3-2-4-6-11/h2-8,13H,9-10,15H2,1H3,(H,16,19). The summed E-state index contributed by atoms with van der Waals surface area (Å²) in [5.41, 5.74) is 7.79. The molecular formula is C14H18N4O. The molecule has 2 aromatic rings. The van der Waals surface area contributed by atoms with Gasteiger partial charge in [0.15, 0.2) is 0 Å². The molecule has 5 nitrogen and oxygen atoms in total. The van der Waals surface area contributed by atoms with Gasteiger partial charge in [-0.2, -0.15) is 5.10 Å². The van der Waals surface area contributed by atoms with Gasteiger partial charge in [0.1, 0.15) is 0 Å². The lowest BCUT2D eigenvalue weighted by atomic mass is 10.0. The van der Waals surface area contributed by atoms with Crippen LogP contribution in [0.1, 0.15) is 23.7 Å². The Morgan fingerprint density at radius 1 is 1.37 bits per heavy atom. The highest BCUT2D eigenvalue weighted by atomic mass is 16.1. The number of nitrogens with zero attached hydrogens (tertiary/aromatic N) is 2. The summed E-state index contributed by atoms with van der Waals surface area (Å²) in [4.78, 5) is 11.8. The highest BCUT2D eigenvalue weighted by Gasteiger charge is 2.11. The van der Waals surface area contributed by atoms with Crippen LogP contribution in [0.25, 0.3) is 0 Å². The minimum Gasteiger partial charge on any atom is -0.350 e. The second-order valence-electron chi connectivity index (χ2n) is 4.48. The van der Waals surface area contributed by atoms with Gasteiger partial charge < -0.3 is 11.1 Å². The van der Waals surface area contributed by atoms with Crippen molar-refractivity contribution in [1.29, 1.82) is 0 Å². The maximum Gasteiger partial charge on any atom is 0.222 e. The predicted octanol–water partition coefficient (Wildman–Crippen LogP) is 1.13. The molecule has 0 fully saturated rings. The van der Waals surface area contributed by atoms with Gasteiger partial charge in [0.2, 0.25) is 5.91 Å². The average molecular weight is 258 g/mol. The second-order valence-corrected chi connectivity index (χ2v) is 4.48. The van der Waals surface area contributed by atoms with Gasteiger partial charge in [-0.05, 0) is 11.6 Å². The zero-order chi connectivity index (χ0) is 13.7.